The quantitative estimate of drug-likeness (QED) is 0.901. The number of rotatable bonds is 4. The van der Waals surface area contributed by atoms with Gasteiger partial charge >= 0.3 is 0 Å². The molecule has 1 amide bonds. The molecule has 0 spiro atoms. The summed E-state index contributed by atoms with van der Waals surface area (Å²) in [5.41, 5.74) is 6.92. The predicted molar refractivity (Wildman–Crippen MR) is 81.9 cm³/mol. The molecule has 112 valence electrons. The van der Waals surface area contributed by atoms with Crippen molar-refractivity contribution in [1.82, 2.24) is 14.8 Å². The number of pyridine rings is 1. The van der Waals surface area contributed by atoms with Crippen molar-refractivity contribution in [1.29, 1.82) is 0 Å². The zero-order valence-corrected chi connectivity index (χ0v) is 12.5. The van der Waals surface area contributed by atoms with Gasteiger partial charge in [0.2, 0.25) is 5.91 Å². The normalized spacial score (nSPS) is 17.0. The molecule has 0 saturated heterocycles. The molecule has 2 aromatic heterocycles. The first-order valence-corrected chi connectivity index (χ1v) is 7.40. The molecule has 3 rings (SSSR count). The number of nitrogens with zero attached hydrogens (tertiary/aromatic N) is 3. The summed E-state index contributed by atoms with van der Waals surface area (Å²) < 4.78 is 1.87. The summed E-state index contributed by atoms with van der Waals surface area (Å²) in [5, 5.41) is 8.20. The van der Waals surface area contributed by atoms with E-state index in [-0.39, 0.29) is 17.4 Å². The topological polar surface area (TPSA) is 85.8 Å². The molecule has 21 heavy (non-hydrogen) atoms. The Morgan fingerprint density at radius 1 is 1.48 bits per heavy atom. The molecule has 6 heteroatoms. The summed E-state index contributed by atoms with van der Waals surface area (Å²) in [5.74, 6) is 0.00801. The van der Waals surface area contributed by atoms with Crippen molar-refractivity contribution in [3.05, 3.63) is 18.5 Å². The highest BCUT2D eigenvalue weighted by Crippen LogP contribution is 2.40. The van der Waals surface area contributed by atoms with E-state index in [0.29, 0.717) is 12.2 Å². The SMILES string of the molecule is CC(C)n1ncc2cc(NC(=O)C3(CN)CCC3)cnc21. The van der Waals surface area contributed by atoms with E-state index >= 15 is 0 Å². The van der Waals surface area contributed by atoms with E-state index in [1.54, 1.807) is 12.4 Å². The molecule has 1 aliphatic rings. The number of nitrogens with two attached hydrogens (primary N) is 1. The van der Waals surface area contributed by atoms with Crippen molar-refractivity contribution in [2.24, 2.45) is 11.1 Å². The largest absolute Gasteiger partial charge is 0.329 e. The third kappa shape index (κ3) is 2.29. The predicted octanol–water partition coefficient (Wildman–Crippen LogP) is 2.08. The summed E-state index contributed by atoms with van der Waals surface area (Å²) in [7, 11) is 0. The number of carbonyl (C=O) groups excluding carboxylic acids is 1. The Balaban J connectivity index is 1.83. The summed E-state index contributed by atoms with van der Waals surface area (Å²) >= 11 is 0. The van der Waals surface area contributed by atoms with Gasteiger partial charge < -0.3 is 11.1 Å². The molecule has 6 nitrogen and oxygen atoms in total. The number of carbonyl (C=O) groups is 1. The minimum atomic E-state index is -0.378. The number of nitrogens with one attached hydrogen (secondary N) is 1. The van der Waals surface area contributed by atoms with E-state index in [2.05, 4.69) is 29.2 Å². The van der Waals surface area contributed by atoms with Crippen molar-refractivity contribution in [3.8, 4) is 0 Å². The Labute approximate surface area is 123 Å². The Hall–Kier alpha value is -1.95. The molecule has 1 aliphatic carbocycles. The van der Waals surface area contributed by atoms with E-state index in [1.165, 1.54) is 0 Å². The van der Waals surface area contributed by atoms with E-state index < -0.39 is 0 Å². The minimum Gasteiger partial charge on any atom is -0.329 e. The molecule has 0 aromatic carbocycles. The number of hydrogen-bond acceptors (Lipinski definition) is 4. The fraction of sp³-hybridized carbons (Fsp3) is 0.533. The Morgan fingerprint density at radius 3 is 2.81 bits per heavy atom. The Morgan fingerprint density at radius 2 is 2.24 bits per heavy atom. The molecule has 0 radical (unpaired) electrons. The maximum atomic E-state index is 12.4. The van der Waals surface area contributed by atoms with Crippen LogP contribution in [0.3, 0.4) is 0 Å². The average Bonchev–Trinajstić information content (AvgIpc) is 2.81. The van der Waals surface area contributed by atoms with E-state index in [4.69, 9.17) is 5.73 Å². The minimum absolute atomic E-state index is 0.00801. The van der Waals surface area contributed by atoms with Crippen molar-refractivity contribution in [2.75, 3.05) is 11.9 Å². The first-order chi connectivity index (χ1) is 10.1. The van der Waals surface area contributed by atoms with Gasteiger partial charge in [0, 0.05) is 18.0 Å². The van der Waals surface area contributed by atoms with Crippen LogP contribution >= 0.6 is 0 Å². The molecular weight excluding hydrogens is 266 g/mol. The fourth-order valence-corrected chi connectivity index (χ4v) is 2.78. The van der Waals surface area contributed by atoms with Crippen LogP contribution in [0.1, 0.15) is 39.2 Å². The lowest BCUT2D eigenvalue weighted by Crippen LogP contribution is -2.47. The highest BCUT2D eigenvalue weighted by molar-refractivity contribution is 5.97. The van der Waals surface area contributed by atoms with E-state index in [9.17, 15) is 4.79 Å². The van der Waals surface area contributed by atoms with Gasteiger partial charge in [-0.1, -0.05) is 6.42 Å². The maximum absolute atomic E-state index is 12.4. The van der Waals surface area contributed by atoms with Gasteiger partial charge in [-0.2, -0.15) is 5.10 Å². The number of aromatic nitrogens is 3. The van der Waals surface area contributed by atoms with Gasteiger partial charge in [0.1, 0.15) is 0 Å². The first kappa shape index (κ1) is 14.0. The lowest BCUT2D eigenvalue weighted by Gasteiger charge is -2.39. The summed E-state index contributed by atoms with van der Waals surface area (Å²) in [4.78, 5) is 16.8. The zero-order chi connectivity index (χ0) is 15.0. The van der Waals surface area contributed by atoms with Crippen LogP contribution in [-0.2, 0) is 4.79 Å². The maximum Gasteiger partial charge on any atom is 0.231 e. The third-order valence-corrected chi connectivity index (χ3v) is 4.36. The highest BCUT2D eigenvalue weighted by Gasteiger charge is 2.42. The lowest BCUT2D eigenvalue weighted by atomic mass is 9.68. The van der Waals surface area contributed by atoms with Crippen molar-refractivity contribution >= 4 is 22.6 Å². The third-order valence-electron chi connectivity index (χ3n) is 4.36. The second-order valence-electron chi connectivity index (χ2n) is 6.11. The second kappa shape index (κ2) is 5.11. The van der Waals surface area contributed by atoms with Crippen LogP contribution in [0.4, 0.5) is 5.69 Å². The average molecular weight is 287 g/mol. The molecule has 0 aliphatic heterocycles. The Bertz CT molecular complexity index is 666. The smallest absolute Gasteiger partial charge is 0.231 e. The number of hydrogen-bond donors (Lipinski definition) is 2. The van der Waals surface area contributed by atoms with E-state index in [1.807, 2.05) is 10.7 Å². The molecule has 1 fully saturated rings. The summed E-state index contributed by atoms with van der Waals surface area (Å²) in [6.07, 6.45) is 6.28. The summed E-state index contributed by atoms with van der Waals surface area (Å²) in [6.45, 7) is 4.52. The first-order valence-electron chi connectivity index (χ1n) is 7.40. The molecule has 0 atom stereocenters. The Kier molecular flexibility index (Phi) is 3.41. The van der Waals surface area contributed by atoms with Gasteiger partial charge in [-0.15, -0.1) is 0 Å². The molecule has 3 N–H and O–H groups in total. The van der Waals surface area contributed by atoms with Crippen LogP contribution < -0.4 is 11.1 Å². The van der Waals surface area contributed by atoms with Gasteiger partial charge in [0.15, 0.2) is 5.65 Å². The molecule has 1 saturated carbocycles. The molecule has 2 heterocycles. The van der Waals surface area contributed by atoms with Crippen molar-refractivity contribution in [2.45, 2.75) is 39.2 Å². The molecule has 2 aromatic rings. The van der Waals surface area contributed by atoms with Gasteiger partial charge in [-0.05, 0) is 32.8 Å². The van der Waals surface area contributed by atoms with Crippen LogP contribution in [0.25, 0.3) is 11.0 Å². The van der Waals surface area contributed by atoms with Gasteiger partial charge in [0.25, 0.3) is 0 Å². The number of fused-ring (bicyclic) bond motifs is 1. The van der Waals surface area contributed by atoms with Gasteiger partial charge in [0.05, 0.1) is 23.5 Å². The molecule has 0 bridgehead atoms. The molecular formula is C15H21N5O. The van der Waals surface area contributed by atoms with Crippen molar-refractivity contribution < 1.29 is 4.79 Å². The van der Waals surface area contributed by atoms with Crippen LogP contribution in [0.2, 0.25) is 0 Å². The van der Waals surface area contributed by atoms with Gasteiger partial charge in [-0.25, -0.2) is 9.67 Å². The number of anilines is 1. The lowest BCUT2D eigenvalue weighted by molar-refractivity contribution is -0.129. The van der Waals surface area contributed by atoms with Gasteiger partial charge in [-0.3, -0.25) is 4.79 Å². The van der Waals surface area contributed by atoms with Crippen LogP contribution in [-0.4, -0.2) is 27.2 Å². The highest BCUT2D eigenvalue weighted by atomic mass is 16.2. The van der Waals surface area contributed by atoms with Crippen LogP contribution in [0.15, 0.2) is 18.5 Å². The standard InChI is InChI=1S/C15H21N5O/c1-10(2)20-13-11(7-18-20)6-12(8-17-13)19-14(21)15(9-16)4-3-5-15/h6-8,10H,3-5,9,16H2,1-2H3,(H,19,21). The molecule has 0 unspecified atom stereocenters. The van der Waals surface area contributed by atoms with E-state index in [0.717, 1.165) is 30.3 Å². The summed E-state index contributed by atoms with van der Waals surface area (Å²) in [6, 6.07) is 2.17. The number of amides is 1. The van der Waals surface area contributed by atoms with Crippen molar-refractivity contribution in [3.63, 3.8) is 0 Å². The monoisotopic (exact) mass is 287 g/mol. The zero-order valence-electron chi connectivity index (χ0n) is 12.5. The van der Waals surface area contributed by atoms with Crippen LogP contribution in [0, 0.1) is 5.41 Å². The van der Waals surface area contributed by atoms with Crippen LogP contribution in [0.5, 0.6) is 0 Å². The second-order valence-corrected chi connectivity index (χ2v) is 6.11. The fourth-order valence-electron chi connectivity index (χ4n) is 2.78.